The van der Waals surface area contributed by atoms with Crippen molar-refractivity contribution in [1.29, 1.82) is 5.26 Å². The van der Waals surface area contributed by atoms with Gasteiger partial charge in [-0.15, -0.1) is 0 Å². The lowest BCUT2D eigenvalue weighted by Crippen LogP contribution is -2.22. The number of aromatic nitrogens is 1. The van der Waals surface area contributed by atoms with Crippen LogP contribution in [-0.4, -0.2) is 25.1 Å². The molecule has 0 bridgehead atoms. The number of aryl methyl sites for hydroxylation is 2. The maximum atomic E-state index is 12.5. The molecule has 0 aliphatic heterocycles. The first-order valence-corrected chi connectivity index (χ1v) is 9.59. The molecule has 7 nitrogen and oxygen atoms in total. The molecule has 7 heteroatoms. The number of nitriles is 1. The van der Waals surface area contributed by atoms with Crippen molar-refractivity contribution in [3.05, 3.63) is 86.8 Å². The van der Waals surface area contributed by atoms with E-state index in [1.54, 1.807) is 46.3 Å². The Hall–Kier alpha value is -4.05. The van der Waals surface area contributed by atoms with Gasteiger partial charge in [0.25, 0.3) is 5.56 Å². The first-order chi connectivity index (χ1) is 15.0. The smallest absolute Gasteiger partial charge is 0.289 e. The normalized spacial score (nSPS) is 10.7. The Kier molecular flexibility index (Phi) is 6.73. The molecule has 0 atom stereocenters. The molecule has 31 heavy (non-hydrogen) atoms. The van der Waals surface area contributed by atoms with Crippen LogP contribution in [0.15, 0.2) is 58.4 Å². The van der Waals surface area contributed by atoms with Crippen LogP contribution in [0.3, 0.4) is 0 Å². The van der Waals surface area contributed by atoms with Crippen LogP contribution in [0.4, 0.5) is 0 Å². The molecule has 0 radical (unpaired) electrons. The van der Waals surface area contributed by atoms with Crippen LogP contribution < -0.4 is 19.8 Å². The molecule has 0 fully saturated rings. The summed E-state index contributed by atoms with van der Waals surface area (Å²) in [7, 11) is 3.08. The average Bonchev–Trinajstić information content (AvgIpc) is 2.78. The summed E-state index contributed by atoms with van der Waals surface area (Å²) in [5.41, 5.74) is 2.52. The Morgan fingerprint density at radius 1 is 1.06 bits per heavy atom. The van der Waals surface area contributed by atoms with E-state index >= 15 is 0 Å². The van der Waals surface area contributed by atoms with Gasteiger partial charge in [0.05, 0.1) is 20.4 Å². The van der Waals surface area contributed by atoms with Crippen molar-refractivity contribution in [2.24, 2.45) is 5.10 Å². The Bertz CT molecular complexity index is 1180. The van der Waals surface area contributed by atoms with Crippen LogP contribution in [0.25, 0.3) is 0 Å². The molecule has 0 aliphatic rings. The summed E-state index contributed by atoms with van der Waals surface area (Å²) in [4.78, 5) is 12.5. The minimum absolute atomic E-state index is 0.0718. The van der Waals surface area contributed by atoms with Gasteiger partial charge in [0.1, 0.15) is 18.2 Å². The fraction of sp³-hybridized carbons (Fsp3) is 0.208. The molecule has 0 saturated heterocycles. The number of nitrogens with zero attached hydrogens (tertiary/aromatic N) is 3. The molecular formula is C24H23N3O4. The molecular weight excluding hydrogens is 394 g/mol. The third-order valence-corrected chi connectivity index (χ3v) is 4.70. The summed E-state index contributed by atoms with van der Waals surface area (Å²) in [6, 6.07) is 16.9. The minimum Gasteiger partial charge on any atom is -0.493 e. The average molecular weight is 417 g/mol. The highest BCUT2D eigenvalue weighted by molar-refractivity contribution is 5.82. The zero-order valence-corrected chi connectivity index (χ0v) is 17.9. The summed E-state index contributed by atoms with van der Waals surface area (Å²) in [5.74, 6) is 1.42. The van der Waals surface area contributed by atoms with Crippen LogP contribution >= 0.6 is 0 Å². The summed E-state index contributed by atoms with van der Waals surface area (Å²) in [5, 5.41) is 13.5. The number of rotatable bonds is 7. The molecule has 0 spiro atoms. The van der Waals surface area contributed by atoms with E-state index in [9.17, 15) is 10.1 Å². The minimum atomic E-state index is -0.460. The Labute approximate surface area is 180 Å². The van der Waals surface area contributed by atoms with Crippen molar-refractivity contribution in [2.75, 3.05) is 14.2 Å². The Balaban J connectivity index is 1.95. The number of methoxy groups -OCH3 is 2. The molecule has 3 rings (SSSR count). The van der Waals surface area contributed by atoms with Gasteiger partial charge in [-0.2, -0.15) is 10.4 Å². The quantitative estimate of drug-likeness (QED) is 0.546. The molecule has 0 amide bonds. The van der Waals surface area contributed by atoms with Crippen molar-refractivity contribution >= 4 is 6.21 Å². The van der Waals surface area contributed by atoms with Crippen molar-refractivity contribution < 1.29 is 14.2 Å². The highest BCUT2D eigenvalue weighted by atomic mass is 16.5. The topological polar surface area (TPSA) is 85.8 Å². The molecule has 158 valence electrons. The van der Waals surface area contributed by atoms with Gasteiger partial charge in [-0.05, 0) is 43.2 Å². The largest absolute Gasteiger partial charge is 0.493 e. The van der Waals surface area contributed by atoms with Gasteiger partial charge in [-0.1, -0.05) is 30.3 Å². The maximum absolute atomic E-state index is 12.5. The molecule has 0 N–H and O–H groups in total. The molecule has 3 aromatic rings. The highest BCUT2D eigenvalue weighted by Crippen LogP contribution is 2.38. The fourth-order valence-electron chi connectivity index (χ4n) is 3.13. The van der Waals surface area contributed by atoms with E-state index in [0.29, 0.717) is 40.7 Å². The fourth-order valence-corrected chi connectivity index (χ4v) is 3.13. The van der Waals surface area contributed by atoms with Crippen LogP contribution in [0, 0.1) is 25.2 Å². The van der Waals surface area contributed by atoms with E-state index in [2.05, 4.69) is 5.10 Å². The van der Waals surface area contributed by atoms with E-state index < -0.39 is 5.56 Å². The number of hydrogen-bond donors (Lipinski definition) is 0. The van der Waals surface area contributed by atoms with E-state index in [1.165, 1.54) is 10.9 Å². The lowest BCUT2D eigenvalue weighted by molar-refractivity contribution is 0.266. The molecule has 0 saturated carbocycles. The van der Waals surface area contributed by atoms with E-state index in [0.717, 1.165) is 5.56 Å². The summed E-state index contributed by atoms with van der Waals surface area (Å²) >= 11 is 0. The van der Waals surface area contributed by atoms with Gasteiger partial charge in [0, 0.05) is 11.3 Å². The Morgan fingerprint density at radius 3 is 2.29 bits per heavy atom. The first kappa shape index (κ1) is 21.7. The van der Waals surface area contributed by atoms with Gasteiger partial charge >= 0.3 is 0 Å². The number of hydrogen-bond acceptors (Lipinski definition) is 6. The van der Waals surface area contributed by atoms with Crippen LogP contribution in [0.2, 0.25) is 0 Å². The molecule has 0 unspecified atom stereocenters. The highest BCUT2D eigenvalue weighted by Gasteiger charge is 2.15. The zero-order chi connectivity index (χ0) is 22.4. The van der Waals surface area contributed by atoms with Crippen LogP contribution in [-0.2, 0) is 6.61 Å². The van der Waals surface area contributed by atoms with Gasteiger partial charge < -0.3 is 14.2 Å². The van der Waals surface area contributed by atoms with Gasteiger partial charge in [0.2, 0.25) is 5.75 Å². The number of benzene rings is 2. The van der Waals surface area contributed by atoms with Gasteiger partial charge in [-0.3, -0.25) is 4.79 Å². The second-order valence-electron chi connectivity index (χ2n) is 6.85. The van der Waals surface area contributed by atoms with Gasteiger partial charge in [0.15, 0.2) is 11.5 Å². The van der Waals surface area contributed by atoms with E-state index in [4.69, 9.17) is 14.2 Å². The lowest BCUT2D eigenvalue weighted by Gasteiger charge is -2.15. The SMILES string of the molecule is COc1cc(/C=N\n2c(C)cc(C)c(C#N)c2=O)cc(OC)c1OCc1ccccc1. The van der Waals surface area contributed by atoms with Gasteiger partial charge in [-0.25, -0.2) is 4.68 Å². The number of pyridine rings is 1. The van der Waals surface area contributed by atoms with Crippen LogP contribution in [0.5, 0.6) is 17.2 Å². The maximum Gasteiger partial charge on any atom is 0.289 e. The summed E-state index contributed by atoms with van der Waals surface area (Å²) in [6.45, 7) is 3.84. The summed E-state index contributed by atoms with van der Waals surface area (Å²) in [6.07, 6.45) is 1.51. The third-order valence-electron chi connectivity index (χ3n) is 4.70. The number of ether oxygens (including phenoxy) is 3. The second-order valence-corrected chi connectivity index (χ2v) is 6.85. The predicted molar refractivity (Wildman–Crippen MR) is 118 cm³/mol. The van der Waals surface area contributed by atoms with E-state index in [-0.39, 0.29) is 5.56 Å². The van der Waals surface area contributed by atoms with Crippen molar-refractivity contribution in [1.82, 2.24) is 4.68 Å². The standard InChI is InChI=1S/C24H23N3O4/c1-16-10-17(2)27(24(28)20(16)13-25)26-14-19-11-21(29-3)23(22(12-19)30-4)31-15-18-8-6-5-7-9-18/h5-12,14H,15H2,1-4H3/b26-14-. The van der Waals surface area contributed by atoms with Crippen molar-refractivity contribution in [2.45, 2.75) is 20.5 Å². The monoisotopic (exact) mass is 417 g/mol. The molecule has 1 aromatic heterocycles. The summed E-state index contributed by atoms with van der Waals surface area (Å²) < 4.78 is 18.1. The van der Waals surface area contributed by atoms with Crippen LogP contribution in [0.1, 0.15) is 27.9 Å². The second kappa shape index (κ2) is 9.63. The molecule has 0 aliphatic carbocycles. The predicted octanol–water partition coefficient (Wildman–Crippen LogP) is 3.82. The van der Waals surface area contributed by atoms with E-state index in [1.807, 2.05) is 36.4 Å². The van der Waals surface area contributed by atoms with Crippen molar-refractivity contribution in [3.63, 3.8) is 0 Å². The third kappa shape index (κ3) is 4.75. The lowest BCUT2D eigenvalue weighted by atomic mass is 10.1. The molecule has 2 aromatic carbocycles. The van der Waals surface area contributed by atoms with Crippen molar-refractivity contribution in [3.8, 4) is 23.3 Å². The molecule has 1 heterocycles. The Morgan fingerprint density at radius 2 is 1.71 bits per heavy atom. The zero-order valence-electron chi connectivity index (χ0n) is 17.9. The first-order valence-electron chi connectivity index (χ1n) is 9.59.